The van der Waals surface area contributed by atoms with Gasteiger partial charge in [-0.2, -0.15) is 0 Å². The van der Waals surface area contributed by atoms with Gasteiger partial charge in [-0.3, -0.25) is 14.9 Å². The fraction of sp³-hybridized carbons (Fsp3) is 0.379. The molecule has 2 aromatic rings. The molecule has 4 rings (SSSR count). The quantitative estimate of drug-likeness (QED) is 0.204. The Morgan fingerprint density at radius 2 is 1.84 bits per heavy atom. The number of nitro groups is 1. The number of Topliss-reactive ketones (excluding diaryl/α,β-unsaturated/α-hetero) is 1. The number of hydrogen-bond donors (Lipinski definition) is 1. The number of nitro benzene ring substituents is 1. The summed E-state index contributed by atoms with van der Waals surface area (Å²) in [5.41, 5.74) is 3.37. The number of carbonyl (C=O) groups is 2. The Hall–Kier alpha value is -4.14. The van der Waals surface area contributed by atoms with Crippen LogP contribution in [0.1, 0.15) is 62.5 Å². The summed E-state index contributed by atoms with van der Waals surface area (Å²) >= 11 is 0. The van der Waals surface area contributed by atoms with Crippen LogP contribution in [0.3, 0.4) is 0 Å². The second kappa shape index (κ2) is 11.5. The van der Waals surface area contributed by atoms with Crippen molar-refractivity contribution < 1.29 is 28.7 Å². The Kier molecular flexibility index (Phi) is 8.14. The summed E-state index contributed by atoms with van der Waals surface area (Å²) in [6.45, 7) is 4.03. The molecule has 0 amide bonds. The van der Waals surface area contributed by atoms with Crippen LogP contribution in [0, 0.1) is 10.1 Å². The second-order valence-electron chi connectivity index (χ2n) is 9.47. The highest BCUT2D eigenvalue weighted by Gasteiger charge is 2.42. The van der Waals surface area contributed by atoms with E-state index in [1.807, 2.05) is 25.1 Å². The third-order valence-electron chi connectivity index (χ3n) is 7.07. The lowest BCUT2D eigenvalue weighted by Crippen LogP contribution is -2.36. The van der Waals surface area contributed by atoms with Crippen molar-refractivity contribution in [2.75, 3.05) is 20.8 Å². The zero-order valence-electron chi connectivity index (χ0n) is 22.0. The van der Waals surface area contributed by atoms with Gasteiger partial charge in [-0.25, -0.2) is 4.79 Å². The predicted molar refractivity (Wildman–Crippen MR) is 141 cm³/mol. The minimum absolute atomic E-state index is 0.106. The summed E-state index contributed by atoms with van der Waals surface area (Å²) in [4.78, 5) is 38.1. The van der Waals surface area contributed by atoms with E-state index in [-0.39, 0.29) is 30.4 Å². The number of nitrogens with zero attached hydrogens (tertiary/aromatic N) is 1. The van der Waals surface area contributed by atoms with Crippen LogP contribution in [0.15, 0.2) is 65.0 Å². The number of non-ortho nitro benzene ring substituents is 1. The molecule has 1 aliphatic heterocycles. The van der Waals surface area contributed by atoms with Crippen LogP contribution < -0.4 is 14.8 Å². The van der Waals surface area contributed by atoms with Crippen LogP contribution in [0.25, 0.3) is 0 Å². The number of dihydropyridines is 1. The molecule has 0 spiro atoms. The maximum Gasteiger partial charge on any atom is 0.336 e. The fourth-order valence-corrected chi connectivity index (χ4v) is 5.19. The summed E-state index contributed by atoms with van der Waals surface area (Å²) in [7, 11) is 3.13. The molecule has 2 atom stereocenters. The van der Waals surface area contributed by atoms with Crippen LogP contribution in [-0.4, -0.2) is 37.5 Å². The van der Waals surface area contributed by atoms with Crippen LogP contribution in [-0.2, 0) is 14.3 Å². The second-order valence-corrected chi connectivity index (χ2v) is 9.47. The average Bonchev–Trinajstić information content (AvgIpc) is 2.91. The molecule has 9 nitrogen and oxygen atoms in total. The van der Waals surface area contributed by atoms with Gasteiger partial charge in [0.2, 0.25) is 0 Å². The van der Waals surface area contributed by atoms with Crippen LogP contribution in [0.5, 0.6) is 11.5 Å². The van der Waals surface area contributed by atoms with E-state index in [1.165, 1.54) is 12.1 Å². The molecule has 1 aliphatic carbocycles. The average molecular weight is 521 g/mol. The number of rotatable bonds is 9. The molecule has 0 fully saturated rings. The normalized spacial score (nSPS) is 19.0. The topological polar surface area (TPSA) is 117 Å². The van der Waals surface area contributed by atoms with E-state index in [4.69, 9.17) is 14.2 Å². The minimum Gasteiger partial charge on any atom is -0.493 e. The monoisotopic (exact) mass is 520 g/mol. The Labute approximate surface area is 221 Å². The van der Waals surface area contributed by atoms with Gasteiger partial charge in [0, 0.05) is 41.4 Å². The SMILES string of the molecule is CCCCOC(=O)C1=C(C)NC2=C(C(=O)C[C@H](c3ccc(OC)c(OC)c3)C2)[C@@H]1c1cccc([N+](=O)[O-])c1. The lowest BCUT2D eigenvalue weighted by Gasteiger charge is -2.36. The third kappa shape index (κ3) is 5.27. The van der Waals surface area contributed by atoms with E-state index in [2.05, 4.69) is 5.32 Å². The number of methoxy groups -OCH3 is 2. The maximum atomic E-state index is 13.8. The van der Waals surface area contributed by atoms with Gasteiger partial charge in [0.05, 0.1) is 31.3 Å². The van der Waals surface area contributed by atoms with E-state index in [1.54, 1.807) is 33.3 Å². The van der Waals surface area contributed by atoms with Crippen molar-refractivity contribution in [1.29, 1.82) is 0 Å². The molecule has 2 aromatic carbocycles. The maximum absolute atomic E-state index is 13.8. The van der Waals surface area contributed by atoms with Crippen molar-refractivity contribution in [2.45, 2.75) is 51.4 Å². The predicted octanol–water partition coefficient (Wildman–Crippen LogP) is 5.32. The molecule has 0 saturated carbocycles. The van der Waals surface area contributed by atoms with Gasteiger partial charge in [-0.1, -0.05) is 31.5 Å². The number of esters is 1. The number of ketones is 1. The molecule has 0 bridgehead atoms. The zero-order valence-corrected chi connectivity index (χ0v) is 22.0. The largest absolute Gasteiger partial charge is 0.493 e. The number of allylic oxidation sites excluding steroid dienone is 3. The number of unbranched alkanes of at least 4 members (excludes halogenated alkanes) is 1. The Balaban J connectivity index is 1.77. The smallest absolute Gasteiger partial charge is 0.336 e. The highest BCUT2D eigenvalue weighted by molar-refractivity contribution is 6.04. The van der Waals surface area contributed by atoms with E-state index in [9.17, 15) is 19.7 Å². The zero-order chi connectivity index (χ0) is 27.4. The van der Waals surface area contributed by atoms with Crippen LogP contribution in [0.2, 0.25) is 0 Å². The van der Waals surface area contributed by atoms with Gasteiger partial charge < -0.3 is 19.5 Å². The number of carbonyl (C=O) groups excluding carboxylic acids is 2. The van der Waals surface area contributed by atoms with E-state index in [0.29, 0.717) is 52.4 Å². The molecule has 200 valence electrons. The Morgan fingerprint density at radius 3 is 2.53 bits per heavy atom. The molecule has 0 radical (unpaired) electrons. The van der Waals surface area contributed by atoms with E-state index in [0.717, 1.165) is 12.0 Å². The van der Waals surface area contributed by atoms with Gasteiger partial charge in [0.15, 0.2) is 17.3 Å². The molecule has 0 unspecified atom stereocenters. The van der Waals surface area contributed by atoms with Gasteiger partial charge in [0.25, 0.3) is 5.69 Å². The number of benzene rings is 2. The summed E-state index contributed by atoms with van der Waals surface area (Å²) in [5.74, 6) is -0.353. The molecular formula is C29H32N2O7. The summed E-state index contributed by atoms with van der Waals surface area (Å²) in [6, 6.07) is 11.7. The van der Waals surface area contributed by atoms with E-state index >= 15 is 0 Å². The van der Waals surface area contributed by atoms with Crippen molar-refractivity contribution >= 4 is 17.4 Å². The molecule has 0 aromatic heterocycles. The fourth-order valence-electron chi connectivity index (χ4n) is 5.19. The molecular weight excluding hydrogens is 488 g/mol. The summed E-state index contributed by atoms with van der Waals surface area (Å²) in [5, 5.41) is 14.8. The summed E-state index contributed by atoms with van der Waals surface area (Å²) in [6.07, 6.45) is 2.33. The van der Waals surface area contributed by atoms with Crippen LogP contribution in [0.4, 0.5) is 5.69 Å². The van der Waals surface area contributed by atoms with Gasteiger partial charge >= 0.3 is 5.97 Å². The molecule has 0 saturated heterocycles. The van der Waals surface area contributed by atoms with Gasteiger partial charge in [0.1, 0.15) is 0 Å². The minimum atomic E-state index is -0.765. The van der Waals surface area contributed by atoms with Crippen molar-refractivity contribution in [2.24, 2.45) is 0 Å². The Bertz CT molecular complexity index is 1330. The standard InChI is InChI=1S/C29H32N2O7/c1-5-6-12-38-29(33)26-17(2)30-22-14-20(18-10-11-24(36-3)25(16-18)37-4)15-23(32)28(22)27(26)19-8-7-9-21(13-19)31(34)35/h7-11,13,16,20,27,30H,5-6,12,14-15H2,1-4H3/t20-,27-/m1/s1. The highest BCUT2D eigenvalue weighted by atomic mass is 16.6. The number of hydrogen-bond acceptors (Lipinski definition) is 8. The first kappa shape index (κ1) is 26.9. The molecule has 38 heavy (non-hydrogen) atoms. The first-order chi connectivity index (χ1) is 18.3. The Morgan fingerprint density at radius 1 is 1.08 bits per heavy atom. The molecule has 1 N–H and O–H groups in total. The highest BCUT2D eigenvalue weighted by Crippen LogP contribution is 2.47. The van der Waals surface area contributed by atoms with Crippen molar-refractivity contribution in [3.63, 3.8) is 0 Å². The van der Waals surface area contributed by atoms with E-state index < -0.39 is 16.8 Å². The van der Waals surface area contributed by atoms with Gasteiger partial charge in [-0.05, 0) is 48.9 Å². The first-order valence-electron chi connectivity index (χ1n) is 12.7. The van der Waals surface area contributed by atoms with Crippen molar-refractivity contribution in [1.82, 2.24) is 5.32 Å². The molecule has 9 heteroatoms. The number of ether oxygens (including phenoxy) is 3. The van der Waals surface area contributed by atoms with Gasteiger partial charge in [-0.15, -0.1) is 0 Å². The lowest BCUT2D eigenvalue weighted by molar-refractivity contribution is -0.384. The van der Waals surface area contributed by atoms with Crippen molar-refractivity contribution in [3.05, 3.63) is 86.2 Å². The number of nitrogens with one attached hydrogen (secondary N) is 1. The van der Waals surface area contributed by atoms with Crippen LogP contribution >= 0.6 is 0 Å². The van der Waals surface area contributed by atoms with Crippen molar-refractivity contribution in [3.8, 4) is 11.5 Å². The summed E-state index contributed by atoms with van der Waals surface area (Å²) < 4.78 is 16.3. The first-order valence-corrected chi connectivity index (χ1v) is 12.7. The molecule has 1 heterocycles. The molecule has 2 aliphatic rings. The third-order valence-corrected chi connectivity index (χ3v) is 7.07. The lowest BCUT2D eigenvalue weighted by atomic mass is 9.71.